The predicted molar refractivity (Wildman–Crippen MR) is 76.1 cm³/mol. The highest BCUT2D eigenvalue weighted by Crippen LogP contribution is 2.15. The van der Waals surface area contributed by atoms with Crippen LogP contribution >= 0.6 is 0 Å². The Bertz CT molecular complexity index is 427. The maximum Gasteiger partial charge on any atom is 0.244 e. The molecule has 0 unspecified atom stereocenters. The molecule has 1 amide bonds. The average Bonchev–Trinajstić information content (AvgIpc) is 2.36. The van der Waals surface area contributed by atoms with Crippen molar-refractivity contribution in [2.45, 2.75) is 20.0 Å². The van der Waals surface area contributed by atoms with Crippen molar-refractivity contribution >= 4 is 12.0 Å². The van der Waals surface area contributed by atoms with Gasteiger partial charge in [-0.15, -0.1) is 0 Å². The summed E-state index contributed by atoms with van der Waals surface area (Å²) in [6, 6.07) is 7.63. The fraction of sp³-hybridized carbons (Fsp3) is 0.400. The van der Waals surface area contributed by atoms with E-state index in [-0.39, 0.29) is 12.0 Å². The molecule has 0 bridgehead atoms. The fourth-order valence-corrected chi connectivity index (χ4v) is 1.47. The second-order valence-corrected chi connectivity index (χ2v) is 4.36. The van der Waals surface area contributed by atoms with Gasteiger partial charge in [-0.25, -0.2) is 0 Å². The second kappa shape index (κ2) is 8.32. The Morgan fingerprint density at radius 2 is 2.21 bits per heavy atom. The summed E-state index contributed by atoms with van der Waals surface area (Å²) in [5.41, 5.74) is 0.931. The Morgan fingerprint density at radius 3 is 2.89 bits per heavy atom. The lowest BCUT2D eigenvalue weighted by atomic mass is 10.2. The zero-order chi connectivity index (χ0) is 14.1. The molecule has 0 heterocycles. The Balaban J connectivity index is 2.53. The molecular formula is C15H21NO3. The topological polar surface area (TPSA) is 47.6 Å². The van der Waals surface area contributed by atoms with Crippen molar-refractivity contribution in [3.05, 3.63) is 35.9 Å². The largest absolute Gasteiger partial charge is 0.491 e. The van der Waals surface area contributed by atoms with Gasteiger partial charge < -0.3 is 14.8 Å². The summed E-state index contributed by atoms with van der Waals surface area (Å²) in [5.74, 6) is 0.671. The molecule has 0 aliphatic carbocycles. The minimum Gasteiger partial charge on any atom is -0.491 e. The number of carbonyl (C=O) groups is 1. The highest BCUT2D eigenvalue weighted by atomic mass is 16.5. The average molecular weight is 263 g/mol. The molecule has 0 atom stereocenters. The third-order valence-corrected chi connectivity index (χ3v) is 2.26. The van der Waals surface area contributed by atoms with Gasteiger partial charge in [-0.2, -0.15) is 0 Å². The lowest BCUT2D eigenvalue weighted by Crippen LogP contribution is -2.24. The molecule has 1 rings (SSSR count). The van der Waals surface area contributed by atoms with Crippen molar-refractivity contribution in [2.75, 3.05) is 20.3 Å². The molecule has 0 aliphatic heterocycles. The number of hydrogen-bond acceptors (Lipinski definition) is 3. The third-order valence-electron chi connectivity index (χ3n) is 2.26. The van der Waals surface area contributed by atoms with Gasteiger partial charge in [-0.05, 0) is 37.6 Å². The zero-order valence-corrected chi connectivity index (χ0v) is 11.7. The molecule has 0 aliphatic rings. The molecule has 4 heteroatoms. The first-order valence-electron chi connectivity index (χ1n) is 6.33. The maximum atomic E-state index is 11.5. The van der Waals surface area contributed by atoms with E-state index in [0.717, 1.165) is 11.3 Å². The first-order chi connectivity index (χ1) is 9.11. The lowest BCUT2D eigenvalue weighted by molar-refractivity contribution is -0.116. The van der Waals surface area contributed by atoms with Gasteiger partial charge in [0, 0.05) is 19.7 Å². The molecule has 1 N–H and O–H groups in total. The number of rotatable bonds is 7. The Labute approximate surface area is 114 Å². The van der Waals surface area contributed by atoms with Crippen LogP contribution < -0.4 is 10.1 Å². The molecule has 1 aromatic rings. The van der Waals surface area contributed by atoms with Crippen LogP contribution in [0.4, 0.5) is 0 Å². The Hall–Kier alpha value is -1.81. The zero-order valence-electron chi connectivity index (χ0n) is 11.7. The van der Waals surface area contributed by atoms with Gasteiger partial charge in [-0.3, -0.25) is 4.79 Å². The van der Waals surface area contributed by atoms with E-state index in [0.29, 0.717) is 13.2 Å². The molecule has 0 aromatic heterocycles. The van der Waals surface area contributed by atoms with E-state index < -0.39 is 0 Å². The number of benzene rings is 1. The number of amides is 1. The van der Waals surface area contributed by atoms with Crippen LogP contribution in [0.25, 0.3) is 6.08 Å². The normalized spacial score (nSPS) is 10.9. The molecular weight excluding hydrogens is 242 g/mol. The van der Waals surface area contributed by atoms with Crippen LogP contribution in [0, 0.1) is 0 Å². The van der Waals surface area contributed by atoms with Gasteiger partial charge >= 0.3 is 0 Å². The van der Waals surface area contributed by atoms with E-state index in [1.165, 1.54) is 6.08 Å². The van der Waals surface area contributed by atoms with Gasteiger partial charge in [-0.1, -0.05) is 12.1 Å². The SMILES string of the molecule is COCCNC(=O)/C=C/c1cccc(OC(C)C)c1. The number of carbonyl (C=O) groups excluding carboxylic acids is 1. The van der Waals surface area contributed by atoms with E-state index in [4.69, 9.17) is 9.47 Å². The summed E-state index contributed by atoms with van der Waals surface area (Å²) in [5, 5.41) is 2.72. The van der Waals surface area contributed by atoms with Gasteiger partial charge in [0.2, 0.25) is 5.91 Å². The summed E-state index contributed by atoms with van der Waals surface area (Å²) >= 11 is 0. The van der Waals surface area contributed by atoms with Crippen molar-refractivity contribution in [3.63, 3.8) is 0 Å². The van der Waals surface area contributed by atoms with Gasteiger partial charge in [0.1, 0.15) is 5.75 Å². The van der Waals surface area contributed by atoms with Crippen LogP contribution in [0.2, 0.25) is 0 Å². The van der Waals surface area contributed by atoms with Crippen LogP contribution in [-0.2, 0) is 9.53 Å². The minimum atomic E-state index is -0.132. The summed E-state index contributed by atoms with van der Waals surface area (Å²) in [7, 11) is 1.60. The quantitative estimate of drug-likeness (QED) is 0.606. The summed E-state index contributed by atoms with van der Waals surface area (Å²) in [6.07, 6.45) is 3.40. The molecule has 104 valence electrons. The van der Waals surface area contributed by atoms with Crippen molar-refractivity contribution in [1.29, 1.82) is 0 Å². The van der Waals surface area contributed by atoms with Crippen molar-refractivity contribution in [1.82, 2.24) is 5.32 Å². The van der Waals surface area contributed by atoms with Crippen molar-refractivity contribution in [3.8, 4) is 5.75 Å². The van der Waals surface area contributed by atoms with Crippen LogP contribution in [0.15, 0.2) is 30.3 Å². The number of hydrogen-bond donors (Lipinski definition) is 1. The monoisotopic (exact) mass is 263 g/mol. The fourth-order valence-electron chi connectivity index (χ4n) is 1.47. The molecule has 1 aromatic carbocycles. The van der Waals surface area contributed by atoms with E-state index >= 15 is 0 Å². The second-order valence-electron chi connectivity index (χ2n) is 4.36. The molecule has 0 radical (unpaired) electrons. The highest BCUT2D eigenvalue weighted by Gasteiger charge is 1.98. The molecule has 4 nitrogen and oxygen atoms in total. The standard InChI is InChI=1S/C15H21NO3/c1-12(2)19-14-6-4-5-13(11-14)7-8-15(17)16-9-10-18-3/h4-8,11-12H,9-10H2,1-3H3,(H,16,17)/b8-7+. The van der Waals surface area contributed by atoms with Crippen LogP contribution in [0.1, 0.15) is 19.4 Å². The third kappa shape index (κ3) is 6.62. The Morgan fingerprint density at radius 1 is 1.42 bits per heavy atom. The summed E-state index contributed by atoms with van der Waals surface area (Å²) in [4.78, 5) is 11.5. The van der Waals surface area contributed by atoms with Crippen molar-refractivity contribution < 1.29 is 14.3 Å². The van der Waals surface area contributed by atoms with E-state index in [2.05, 4.69) is 5.32 Å². The lowest BCUT2D eigenvalue weighted by Gasteiger charge is -2.09. The maximum absolute atomic E-state index is 11.5. The van der Waals surface area contributed by atoms with Gasteiger partial charge in [0.05, 0.1) is 12.7 Å². The summed E-state index contributed by atoms with van der Waals surface area (Å²) < 4.78 is 10.4. The van der Waals surface area contributed by atoms with Crippen LogP contribution in [0.3, 0.4) is 0 Å². The highest BCUT2D eigenvalue weighted by molar-refractivity contribution is 5.91. The first kappa shape index (κ1) is 15.2. The molecule has 0 saturated heterocycles. The first-order valence-corrected chi connectivity index (χ1v) is 6.33. The van der Waals surface area contributed by atoms with Crippen LogP contribution in [0.5, 0.6) is 5.75 Å². The van der Waals surface area contributed by atoms with E-state index in [9.17, 15) is 4.79 Å². The number of ether oxygens (including phenoxy) is 2. The van der Waals surface area contributed by atoms with Crippen molar-refractivity contribution in [2.24, 2.45) is 0 Å². The molecule has 0 saturated carbocycles. The number of nitrogens with one attached hydrogen (secondary N) is 1. The molecule has 19 heavy (non-hydrogen) atoms. The van der Waals surface area contributed by atoms with Gasteiger partial charge in [0.15, 0.2) is 0 Å². The van der Waals surface area contributed by atoms with Crippen LogP contribution in [-0.4, -0.2) is 32.3 Å². The van der Waals surface area contributed by atoms with Gasteiger partial charge in [0.25, 0.3) is 0 Å². The molecule has 0 spiro atoms. The Kier molecular flexibility index (Phi) is 6.68. The number of methoxy groups -OCH3 is 1. The smallest absolute Gasteiger partial charge is 0.244 e. The minimum absolute atomic E-state index is 0.132. The predicted octanol–water partition coefficient (Wildman–Crippen LogP) is 2.25. The summed E-state index contributed by atoms with van der Waals surface area (Å²) in [6.45, 7) is 4.98. The van der Waals surface area contributed by atoms with E-state index in [1.807, 2.05) is 38.1 Å². The van der Waals surface area contributed by atoms with E-state index in [1.54, 1.807) is 13.2 Å². The molecule has 0 fully saturated rings.